The van der Waals surface area contributed by atoms with E-state index in [2.05, 4.69) is 25.1 Å². The SMILES string of the molecule is CCOC(=O)C[C@H]1CCc2cc(C)ccc21. The van der Waals surface area contributed by atoms with Crippen molar-refractivity contribution in [3.63, 3.8) is 0 Å². The molecule has 2 rings (SSSR count). The summed E-state index contributed by atoms with van der Waals surface area (Å²) in [5.41, 5.74) is 4.06. The summed E-state index contributed by atoms with van der Waals surface area (Å²) in [6.45, 7) is 4.44. The summed E-state index contributed by atoms with van der Waals surface area (Å²) >= 11 is 0. The first-order chi connectivity index (χ1) is 7.70. The van der Waals surface area contributed by atoms with Gasteiger partial charge in [0.05, 0.1) is 13.0 Å². The number of carbonyl (C=O) groups excluding carboxylic acids is 1. The van der Waals surface area contributed by atoms with Gasteiger partial charge >= 0.3 is 5.97 Å². The van der Waals surface area contributed by atoms with Gasteiger partial charge in [0.2, 0.25) is 0 Å². The minimum Gasteiger partial charge on any atom is -0.466 e. The monoisotopic (exact) mass is 218 g/mol. The molecule has 16 heavy (non-hydrogen) atoms. The van der Waals surface area contributed by atoms with Crippen molar-refractivity contribution in [2.75, 3.05) is 6.61 Å². The molecule has 1 aliphatic carbocycles. The molecule has 0 fully saturated rings. The molecule has 0 N–H and O–H groups in total. The number of hydrogen-bond donors (Lipinski definition) is 0. The van der Waals surface area contributed by atoms with Gasteiger partial charge in [-0.25, -0.2) is 0 Å². The second-order valence-corrected chi connectivity index (χ2v) is 4.45. The molecule has 0 radical (unpaired) electrons. The fourth-order valence-corrected chi connectivity index (χ4v) is 2.47. The molecular formula is C14H18O2. The van der Waals surface area contributed by atoms with Gasteiger partial charge in [0.1, 0.15) is 0 Å². The molecule has 0 saturated carbocycles. The number of ether oxygens (including phenoxy) is 1. The molecule has 1 aromatic rings. The van der Waals surface area contributed by atoms with Crippen LogP contribution in [0.25, 0.3) is 0 Å². The zero-order chi connectivity index (χ0) is 11.5. The summed E-state index contributed by atoms with van der Waals surface area (Å²) in [5.74, 6) is 0.301. The predicted octanol–water partition coefficient (Wildman–Crippen LogP) is 2.98. The van der Waals surface area contributed by atoms with Gasteiger partial charge in [-0.1, -0.05) is 23.8 Å². The van der Waals surface area contributed by atoms with Crippen LogP contribution in [0.3, 0.4) is 0 Å². The number of rotatable bonds is 3. The van der Waals surface area contributed by atoms with Crippen LogP contribution in [0, 0.1) is 6.92 Å². The lowest BCUT2D eigenvalue weighted by Gasteiger charge is -2.10. The lowest BCUT2D eigenvalue weighted by molar-refractivity contribution is -0.143. The van der Waals surface area contributed by atoms with Gasteiger partial charge in [-0.2, -0.15) is 0 Å². The van der Waals surface area contributed by atoms with Crippen LogP contribution < -0.4 is 0 Å². The van der Waals surface area contributed by atoms with Gasteiger partial charge < -0.3 is 4.74 Å². The molecule has 86 valence electrons. The number of esters is 1. The fourth-order valence-electron chi connectivity index (χ4n) is 2.47. The van der Waals surface area contributed by atoms with E-state index in [1.54, 1.807) is 0 Å². The van der Waals surface area contributed by atoms with Crippen LogP contribution in [-0.2, 0) is 16.0 Å². The summed E-state index contributed by atoms with van der Waals surface area (Å²) in [4.78, 5) is 11.5. The highest BCUT2D eigenvalue weighted by molar-refractivity contribution is 5.71. The number of carbonyl (C=O) groups is 1. The minimum absolute atomic E-state index is 0.0686. The zero-order valence-corrected chi connectivity index (χ0v) is 9.95. The van der Waals surface area contributed by atoms with E-state index in [0.29, 0.717) is 18.9 Å². The van der Waals surface area contributed by atoms with Crippen LogP contribution in [0.5, 0.6) is 0 Å². The van der Waals surface area contributed by atoms with E-state index in [1.165, 1.54) is 16.7 Å². The Hall–Kier alpha value is -1.31. The van der Waals surface area contributed by atoms with Crippen LogP contribution in [0.4, 0.5) is 0 Å². The first-order valence-corrected chi connectivity index (χ1v) is 5.95. The standard InChI is InChI=1S/C14H18O2/c1-3-16-14(15)9-12-6-5-11-8-10(2)4-7-13(11)12/h4,7-8,12H,3,5-6,9H2,1-2H3/t12-/m1/s1. The average Bonchev–Trinajstić information content (AvgIpc) is 2.61. The Morgan fingerprint density at radius 3 is 3.06 bits per heavy atom. The van der Waals surface area contributed by atoms with E-state index in [0.717, 1.165) is 12.8 Å². The van der Waals surface area contributed by atoms with Crippen molar-refractivity contribution in [3.8, 4) is 0 Å². The molecule has 1 aliphatic rings. The predicted molar refractivity (Wildman–Crippen MR) is 63.5 cm³/mol. The van der Waals surface area contributed by atoms with Crippen molar-refractivity contribution < 1.29 is 9.53 Å². The Bertz CT molecular complexity index is 396. The highest BCUT2D eigenvalue weighted by atomic mass is 16.5. The molecule has 2 heteroatoms. The molecule has 0 spiro atoms. The number of aryl methyl sites for hydroxylation is 2. The Kier molecular flexibility index (Phi) is 3.28. The molecule has 0 aliphatic heterocycles. The number of fused-ring (bicyclic) bond motifs is 1. The summed E-state index contributed by atoms with van der Waals surface area (Å²) in [6, 6.07) is 6.53. The number of hydrogen-bond acceptors (Lipinski definition) is 2. The fraction of sp³-hybridized carbons (Fsp3) is 0.500. The normalized spacial score (nSPS) is 18.2. The van der Waals surface area contributed by atoms with Crippen molar-refractivity contribution >= 4 is 5.97 Å². The third kappa shape index (κ3) is 2.26. The van der Waals surface area contributed by atoms with Crippen molar-refractivity contribution in [1.82, 2.24) is 0 Å². The highest BCUT2D eigenvalue weighted by Gasteiger charge is 2.24. The quantitative estimate of drug-likeness (QED) is 0.729. The van der Waals surface area contributed by atoms with E-state index >= 15 is 0 Å². The van der Waals surface area contributed by atoms with Gasteiger partial charge in [-0.15, -0.1) is 0 Å². The van der Waals surface area contributed by atoms with Gasteiger partial charge in [-0.3, -0.25) is 4.79 Å². The van der Waals surface area contributed by atoms with Crippen molar-refractivity contribution in [3.05, 3.63) is 34.9 Å². The molecule has 2 nitrogen and oxygen atoms in total. The lowest BCUT2D eigenvalue weighted by Crippen LogP contribution is -2.08. The Morgan fingerprint density at radius 2 is 2.31 bits per heavy atom. The smallest absolute Gasteiger partial charge is 0.306 e. The molecule has 0 heterocycles. The van der Waals surface area contributed by atoms with Crippen LogP contribution in [-0.4, -0.2) is 12.6 Å². The molecule has 1 aromatic carbocycles. The van der Waals surface area contributed by atoms with Gasteiger partial charge in [0.15, 0.2) is 0 Å². The summed E-state index contributed by atoms with van der Waals surface area (Å²) < 4.78 is 5.00. The first kappa shape index (κ1) is 11.2. The highest BCUT2D eigenvalue weighted by Crippen LogP contribution is 2.35. The molecule has 1 atom stereocenters. The minimum atomic E-state index is -0.0686. The van der Waals surface area contributed by atoms with E-state index in [-0.39, 0.29) is 5.97 Å². The third-order valence-electron chi connectivity index (χ3n) is 3.22. The summed E-state index contributed by atoms with van der Waals surface area (Å²) in [5, 5.41) is 0. The van der Waals surface area contributed by atoms with Gasteiger partial charge in [0, 0.05) is 0 Å². The second-order valence-electron chi connectivity index (χ2n) is 4.45. The maximum absolute atomic E-state index is 11.5. The summed E-state index contributed by atoms with van der Waals surface area (Å²) in [6.07, 6.45) is 2.71. The van der Waals surface area contributed by atoms with Gasteiger partial charge in [-0.05, 0) is 43.7 Å². The molecule has 0 bridgehead atoms. The van der Waals surface area contributed by atoms with Crippen molar-refractivity contribution in [2.45, 2.75) is 39.0 Å². The maximum Gasteiger partial charge on any atom is 0.306 e. The van der Waals surface area contributed by atoms with Crippen LogP contribution in [0.1, 0.15) is 42.4 Å². The topological polar surface area (TPSA) is 26.3 Å². The van der Waals surface area contributed by atoms with Crippen LogP contribution in [0.15, 0.2) is 18.2 Å². The average molecular weight is 218 g/mol. The lowest BCUT2D eigenvalue weighted by atomic mass is 9.97. The van der Waals surface area contributed by atoms with Crippen molar-refractivity contribution in [1.29, 1.82) is 0 Å². The Labute approximate surface area is 96.6 Å². The molecule has 0 amide bonds. The maximum atomic E-state index is 11.5. The van der Waals surface area contributed by atoms with E-state index in [4.69, 9.17) is 4.74 Å². The summed E-state index contributed by atoms with van der Waals surface area (Å²) in [7, 11) is 0. The number of benzene rings is 1. The van der Waals surface area contributed by atoms with Crippen LogP contribution >= 0.6 is 0 Å². The van der Waals surface area contributed by atoms with E-state index in [9.17, 15) is 4.79 Å². The van der Waals surface area contributed by atoms with Gasteiger partial charge in [0.25, 0.3) is 0 Å². The molecular weight excluding hydrogens is 200 g/mol. The molecule has 0 saturated heterocycles. The van der Waals surface area contributed by atoms with Crippen molar-refractivity contribution in [2.24, 2.45) is 0 Å². The Balaban J connectivity index is 2.09. The third-order valence-corrected chi connectivity index (χ3v) is 3.22. The largest absolute Gasteiger partial charge is 0.466 e. The Morgan fingerprint density at radius 1 is 1.50 bits per heavy atom. The van der Waals surface area contributed by atoms with Crippen LogP contribution in [0.2, 0.25) is 0 Å². The molecule has 0 aromatic heterocycles. The zero-order valence-electron chi connectivity index (χ0n) is 9.95. The van der Waals surface area contributed by atoms with E-state index < -0.39 is 0 Å². The van der Waals surface area contributed by atoms with E-state index in [1.807, 2.05) is 6.92 Å². The first-order valence-electron chi connectivity index (χ1n) is 5.95. The molecule has 0 unspecified atom stereocenters. The second kappa shape index (κ2) is 4.69.